The molecule has 48 heavy (non-hydrogen) atoms. The molecule has 2 heteroatoms. The molecular weight excluding hydrogens is 581 g/mol. The third kappa shape index (κ3) is 4.06. The Morgan fingerprint density at radius 2 is 0.771 bits per heavy atom. The lowest BCUT2D eigenvalue weighted by Gasteiger charge is -2.13. The van der Waals surface area contributed by atoms with Crippen LogP contribution in [-0.2, 0) is 0 Å². The van der Waals surface area contributed by atoms with E-state index in [9.17, 15) is 0 Å². The predicted molar refractivity (Wildman–Crippen MR) is 203 cm³/mol. The number of nitrogens with zero attached hydrogens (tertiary/aromatic N) is 2. The second kappa shape index (κ2) is 10.6. The molecule has 224 valence electrons. The van der Waals surface area contributed by atoms with Crippen LogP contribution in [0.4, 0.5) is 0 Å². The lowest BCUT2D eigenvalue weighted by atomic mass is 10.00. The molecule has 0 fully saturated rings. The van der Waals surface area contributed by atoms with Gasteiger partial charge in [0.2, 0.25) is 0 Å². The van der Waals surface area contributed by atoms with Crippen LogP contribution in [0, 0.1) is 0 Å². The molecule has 2 nitrogen and oxygen atoms in total. The smallest absolute Gasteiger partial charge is 0.0541 e. The van der Waals surface area contributed by atoms with E-state index in [1.54, 1.807) is 0 Å². The monoisotopic (exact) mass is 610 g/mol. The Labute approximate surface area is 278 Å². The summed E-state index contributed by atoms with van der Waals surface area (Å²) in [5.41, 5.74) is 12.1. The van der Waals surface area contributed by atoms with E-state index in [4.69, 9.17) is 0 Å². The highest BCUT2D eigenvalue weighted by Crippen LogP contribution is 2.39. The van der Waals surface area contributed by atoms with E-state index in [2.05, 4.69) is 191 Å². The van der Waals surface area contributed by atoms with Crippen LogP contribution in [0.2, 0.25) is 0 Å². The lowest BCUT2D eigenvalue weighted by Crippen LogP contribution is -1.95. The summed E-state index contributed by atoms with van der Waals surface area (Å²) in [6.45, 7) is 0. The van der Waals surface area contributed by atoms with Gasteiger partial charge in [0.05, 0.1) is 27.8 Å². The first-order valence-electron chi connectivity index (χ1n) is 16.5. The first kappa shape index (κ1) is 26.8. The molecule has 0 unspecified atom stereocenters. The first-order chi connectivity index (χ1) is 23.8. The van der Waals surface area contributed by atoms with Crippen LogP contribution >= 0.6 is 0 Å². The van der Waals surface area contributed by atoms with Crippen molar-refractivity contribution in [1.82, 2.24) is 9.13 Å². The summed E-state index contributed by atoms with van der Waals surface area (Å²) in [6, 6.07) is 66.2. The van der Waals surface area contributed by atoms with Crippen LogP contribution in [0.5, 0.6) is 0 Å². The minimum absolute atomic E-state index is 1.18. The molecule has 2 heterocycles. The van der Waals surface area contributed by atoms with E-state index < -0.39 is 0 Å². The van der Waals surface area contributed by atoms with Gasteiger partial charge in [-0.2, -0.15) is 0 Å². The number of aromatic nitrogens is 2. The average molecular weight is 611 g/mol. The molecule has 0 amide bonds. The lowest BCUT2D eigenvalue weighted by molar-refractivity contribution is 1.18. The molecule has 0 saturated heterocycles. The van der Waals surface area contributed by atoms with Gasteiger partial charge in [-0.15, -0.1) is 0 Å². The highest BCUT2D eigenvalue weighted by atomic mass is 15.0. The molecule has 0 N–H and O–H groups in total. The van der Waals surface area contributed by atoms with Gasteiger partial charge in [0.1, 0.15) is 0 Å². The molecule has 0 aliphatic carbocycles. The van der Waals surface area contributed by atoms with Crippen molar-refractivity contribution in [2.75, 3.05) is 0 Å². The van der Waals surface area contributed by atoms with Crippen LogP contribution in [0.25, 0.3) is 88.0 Å². The summed E-state index contributed by atoms with van der Waals surface area (Å²) in [5.74, 6) is 0. The average Bonchev–Trinajstić information content (AvgIpc) is 3.67. The summed E-state index contributed by atoms with van der Waals surface area (Å²) in [7, 11) is 0. The van der Waals surface area contributed by atoms with Gasteiger partial charge >= 0.3 is 0 Å². The Bertz CT molecular complexity index is 2820. The Morgan fingerprint density at radius 1 is 0.271 bits per heavy atom. The van der Waals surface area contributed by atoms with Crippen LogP contribution < -0.4 is 0 Å². The maximum atomic E-state index is 2.45. The maximum absolute atomic E-state index is 2.45. The van der Waals surface area contributed by atoms with E-state index >= 15 is 0 Å². The van der Waals surface area contributed by atoms with Gasteiger partial charge < -0.3 is 9.13 Å². The van der Waals surface area contributed by atoms with Crippen molar-refractivity contribution in [2.45, 2.75) is 0 Å². The normalized spacial score (nSPS) is 11.8. The van der Waals surface area contributed by atoms with Gasteiger partial charge in [-0.1, -0.05) is 121 Å². The van der Waals surface area contributed by atoms with E-state index in [-0.39, 0.29) is 0 Å². The van der Waals surface area contributed by atoms with Crippen molar-refractivity contribution in [2.24, 2.45) is 0 Å². The number of fused-ring (bicyclic) bond motifs is 7. The van der Waals surface area contributed by atoms with Crippen LogP contribution in [0.15, 0.2) is 182 Å². The molecule has 0 spiro atoms. The van der Waals surface area contributed by atoms with E-state index in [1.165, 1.54) is 88.0 Å². The molecule has 0 radical (unpaired) electrons. The van der Waals surface area contributed by atoms with Gasteiger partial charge in [0, 0.05) is 32.6 Å². The van der Waals surface area contributed by atoms with Gasteiger partial charge in [-0.3, -0.25) is 0 Å². The molecule has 10 aromatic rings. The topological polar surface area (TPSA) is 9.86 Å². The van der Waals surface area contributed by atoms with Gasteiger partial charge in [-0.05, 0) is 88.3 Å². The highest BCUT2D eigenvalue weighted by molar-refractivity contribution is 6.13. The maximum Gasteiger partial charge on any atom is 0.0541 e. The highest BCUT2D eigenvalue weighted by Gasteiger charge is 2.17. The number of benzene rings is 8. The van der Waals surface area contributed by atoms with Gasteiger partial charge in [-0.25, -0.2) is 0 Å². The number of hydrogen-bond acceptors (Lipinski definition) is 0. The van der Waals surface area contributed by atoms with Gasteiger partial charge in [0.15, 0.2) is 0 Å². The fourth-order valence-corrected chi connectivity index (χ4v) is 7.68. The molecule has 0 saturated carbocycles. The van der Waals surface area contributed by atoms with E-state index in [1.807, 2.05) is 0 Å². The van der Waals surface area contributed by atoms with Crippen molar-refractivity contribution in [1.29, 1.82) is 0 Å². The molecule has 0 atom stereocenters. The van der Waals surface area contributed by atoms with Crippen molar-refractivity contribution < 1.29 is 0 Å². The fourth-order valence-electron chi connectivity index (χ4n) is 7.68. The zero-order chi connectivity index (χ0) is 31.6. The summed E-state index contributed by atoms with van der Waals surface area (Å²) in [4.78, 5) is 0. The zero-order valence-corrected chi connectivity index (χ0v) is 26.2. The van der Waals surface area contributed by atoms with Crippen molar-refractivity contribution in [3.05, 3.63) is 182 Å². The van der Waals surface area contributed by atoms with Gasteiger partial charge in [0.25, 0.3) is 0 Å². The van der Waals surface area contributed by atoms with E-state index in [0.29, 0.717) is 0 Å². The summed E-state index contributed by atoms with van der Waals surface area (Å²) >= 11 is 0. The second-order valence-electron chi connectivity index (χ2n) is 12.6. The largest absolute Gasteiger partial charge is 0.309 e. The number of rotatable bonds is 4. The Hall–Kier alpha value is -6.38. The third-order valence-electron chi connectivity index (χ3n) is 9.90. The van der Waals surface area contributed by atoms with Crippen molar-refractivity contribution in [3.63, 3.8) is 0 Å². The molecule has 0 aliphatic rings. The number of hydrogen-bond donors (Lipinski definition) is 0. The molecule has 2 aromatic heterocycles. The minimum atomic E-state index is 1.18. The minimum Gasteiger partial charge on any atom is -0.309 e. The van der Waals surface area contributed by atoms with Crippen molar-refractivity contribution in [3.8, 4) is 33.6 Å². The zero-order valence-electron chi connectivity index (χ0n) is 26.2. The standard InChI is InChI=1S/C46H30N2/c1-3-12-31(13-4-1)33-23-22-32-14-11-21-44(39(32)28-33)48-43-20-10-8-18-38(43)41-30-35(25-27-46(41)48)34-24-26-45-40(29-34)37-17-7-9-19-42(37)47(45)36-15-5-2-6-16-36/h1-30H. The number of para-hydroxylation sites is 3. The summed E-state index contributed by atoms with van der Waals surface area (Å²) < 4.78 is 4.82. The predicted octanol–water partition coefficient (Wildman–Crippen LogP) is 12.4. The second-order valence-corrected chi connectivity index (χ2v) is 12.6. The fraction of sp³-hybridized carbons (Fsp3) is 0. The SMILES string of the molecule is c1ccc(-c2ccc3cccc(-n4c5ccccc5c5cc(-c6ccc7c(c6)c6ccccc6n7-c6ccccc6)ccc54)c3c2)cc1. The summed E-state index contributed by atoms with van der Waals surface area (Å²) in [5, 5.41) is 7.52. The molecular formula is C46H30N2. The molecule has 0 bridgehead atoms. The van der Waals surface area contributed by atoms with Crippen LogP contribution in [0.3, 0.4) is 0 Å². The molecule has 8 aromatic carbocycles. The Kier molecular flexibility index (Phi) is 5.91. The van der Waals surface area contributed by atoms with Crippen LogP contribution in [0.1, 0.15) is 0 Å². The summed E-state index contributed by atoms with van der Waals surface area (Å²) in [6.07, 6.45) is 0. The Morgan fingerprint density at radius 3 is 1.46 bits per heavy atom. The van der Waals surface area contributed by atoms with Crippen LogP contribution in [-0.4, -0.2) is 9.13 Å². The van der Waals surface area contributed by atoms with Crippen molar-refractivity contribution >= 4 is 54.4 Å². The third-order valence-corrected chi connectivity index (χ3v) is 9.90. The molecule has 0 aliphatic heterocycles. The molecule has 10 rings (SSSR count). The quantitative estimate of drug-likeness (QED) is 0.188. The first-order valence-corrected chi connectivity index (χ1v) is 16.5. The van der Waals surface area contributed by atoms with E-state index in [0.717, 1.165) is 0 Å². The Balaban J connectivity index is 1.17.